The first-order valence-corrected chi connectivity index (χ1v) is 5.62. The number of amides is 1. The molecule has 0 saturated carbocycles. The Morgan fingerprint density at radius 3 is 2.56 bits per heavy atom. The summed E-state index contributed by atoms with van der Waals surface area (Å²) < 4.78 is 5.10. The van der Waals surface area contributed by atoms with Gasteiger partial charge in [-0.1, -0.05) is 19.1 Å². The predicted octanol–water partition coefficient (Wildman–Crippen LogP) is 2.06. The molecule has 1 amide bonds. The van der Waals surface area contributed by atoms with Gasteiger partial charge in [-0.3, -0.25) is 4.79 Å². The summed E-state index contributed by atoms with van der Waals surface area (Å²) in [6.07, 6.45) is 0.981. The number of benzene rings is 1. The highest BCUT2D eigenvalue weighted by Gasteiger charge is 2.27. The summed E-state index contributed by atoms with van der Waals surface area (Å²) >= 11 is 0. The van der Waals surface area contributed by atoms with Crippen LogP contribution < -0.4 is 4.74 Å². The van der Waals surface area contributed by atoms with Gasteiger partial charge < -0.3 is 9.64 Å². The molecule has 86 valence electrons. The monoisotopic (exact) mass is 219 g/mol. The van der Waals surface area contributed by atoms with Crippen molar-refractivity contribution in [2.45, 2.75) is 19.9 Å². The molecule has 1 atom stereocenters. The number of methoxy groups -OCH3 is 1. The first-order chi connectivity index (χ1) is 7.70. The normalized spacial score (nSPS) is 20.2. The Morgan fingerprint density at radius 2 is 2.06 bits per heavy atom. The van der Waals surface area contributed by atoms with Crippen LogP contribution in [0.1, 0.15) is 18.9 Å². The second-order valence-corrected chi connectivity index (χ2v) is 4.30. The van der Waals surface area contributed by atoms with Gasteiger partial charge in [-0.05, 0) is 24.1 Å². The topological polar surface area (TPSA) is 29.5 Å². The van der Waals surface area contributed by atoms with E-state index in [4.69, 9.17) is 4.74 Å². The van der Waals surface area contributed by atoms with E-state index in [0.717, 1.165) is 24.3 Å². The fraction of sp³-hybridized carbons (Fsp3) is 0.462. The van der Waals surface area contributed by atoms with Crippen LogP contribution in [0.3, 0.4) is 0 Å². The Balaban J connectivity index is 2.01. The van der Waals surface area contributed by atoms with E-state index in [1.54, 1.807) is 7.11 Å². The molecule has 1 aliphatic heterocycles. The molecule has 1 unspecified atom stereocenters. The van der Waals surface area contributed by atoms with Crippen molar-refractivity contribution in [2.24, 2.45) is 5.92 Å². The summed E-state index contributed by atoms with van der Waals surface area (Å²) in [4.78, 5) is 13.7. The lowest BCUT2D eigenvalue weighted by molar-refractivity contribution is -0.131. The molecule has 1 aromatic rings. The number of hydrogen-bond donors (Lipinski definition) is 0. The van der Waals surface area contributed by atoms with Crippen molar-refractivity contribution < 1.29 is 9.53 Å². The Kier molecular flexibility index (Phi) is 3.13. The molecule has 1 aliphatic rings. The van der Waals surface area contributed by atoms with Crippen LogP contribution in [0.2, 0.25) is 0 Å². The van der Waals surface area contributed by atoms with Crippen molar-refractivity contribution >= 4 is 5.91 Å². The molecule has 3 nitrogen and oxygen atoms in total. The maximum absolute atomic E-state index is 11.7. The third kappa shape index (κ3) is 2.18. The highest BCUT2D eigenvalue weighted by atomic mass is 16.5. The van der Waals surface area contributed by atoms with Crippen LogP contribution in [-0.4, -0.2) is 24.5 Å². The van der Waals surface area contributed by atoms with Gasteiger partial charge in [-0.15, -0.1) is 0 Å². The van der Waals surface area contributed by atoms with Crippen LogP contribution in [0, 0.1) is 5.92 Å². The maximum atomic E-state index is 11.7. The zero-order valence-corrected chi connectivity index (χ0v) is 9.77. The molecule has 1 fully saturated rings. The van der Waals surface area contributed by atoms with Crippen LogP contribution in [0.4, 0.5) is 0 Å². The van der Waals surface area contributed by atoms with Crippen LogP contribution in [0.25, 0.3) is 0 Å². The summed E-state index contributed by atoms with van der Waals surface area (Å²) in [6, 6.07) is 7.88. The van der Waals surface area contributed by atoms with E-state index in [-0.39, 0.29) is 11.8 Å². The smallest absolute Gasteiger partial charge is 0.225 e. The molecule has 1 saturated heterocycles. The molecule has 1 heterocycles. The summed E-state index contributed by atoms with van der Waals surface area (Å²) in [7, 11) is 1.65. The van der Waals surface area contributed by atoms with Crippen LogP contribution in [-0.2, 0) is 11.3 Å². The molecule has 1 aromatic carbocycles. The van der Waals surface area contributed by atoms with Crippen LogP contribution in [0.5, 0.6) is 5.75 Å². The van der Waals surface area contributed by atoms with Gasteiger partial charge in [0.2, 0.25) is 5.91 Å². The molecular formula is C13H17NO2. The van der Waals surface area contributed by atoms with E-state index in [9.17, 15) is 4.79 Å². The summed E-state index contributed by atoms with van der Waals surface area (Å²) in [5.74, 6) is 1.32. The number of ether oxygens (including phenoxy) is 1. The van der Waals surface area contributed by atoms with Crippen molar-refractivity contribution in [3.63, 3.8) is 0 Å². The minimum absolute atomic E-state index is 0.193. The fourth-order valence-corrected chi connectivity index (χ4v) is 2.00. The molecule has 16 heavy (non-hydrogen) atoms. The summed E-state index contributed by atoms with van der Waals surface area (Å²) in [5.41, 5.74) is 1.16. The van der Waals surface area contributed by atoms with E-state index in [1.165, 1.54) is 0 Å². The second kappa shape index (κ2) is 4.56. The van der Waals surface area contributed by atoms with E-state index in [0.29, 0.717) is 6.54 Å². The average Bonchev–Trinajstić information content (AvgIpc) is 2.62. The number of hydrogen-bond acceptors (Lipinski definition) is 2. The molecule has 0 aliphatic carbocycles. The second-order valence-electron chi connectivity index (χ2n) is 4.30. The van der Waals surface area contributed by atoms with E-state index < -0.39 is 0 Å². The third-order valence-corrected chi connectivity index (χ3v) is 3.10. The highest BCUT2D eigenvalue weighted by molar-refractivity contribution is 5.80. The Hall–Kier alpha value is -1.51. The van der Waals surface area contributed by atoms with Crippen LogP contribution >= 0.6 is 0 Å². The molecule has 0 aromatic heterocycles. The lowest BCUT2D eigenvalue weighted by atomic mass is 10.1. The Bertz CT molecular complexity index is 372. The zero-order chi connectivity index (χ0) is 11.5. The average molecular weight is 219 g/mol. The minimum Gasteiger partial charge on any atom is -0.497 e. The SMILES string of the molecule is COc1ccc(CN2CCC(C)C2=O)cc1. The molecule has 0 bridgehead atoms. The first-order valence-electron chi connectivity index (χ1n) is 5.62. The van der Waals surface area contributed by atoms with Gasteiger partial charge in [-0.2, -0.15) is 0 Å². The van der Waals surface area contributed by atoms with Gasteiger partial charge in [0.25, 0.3) is 0 Å². The third-order valence-electron chi connectivity index (χ3n) is 3.10. The lowest BCUT2D eigenvalue weighted by Gasteiger charge is -2.16. The van der Waals surface area contributed by atoms with E-state index >= 15 is 0 Å². The molecule has 0 N–H and O–H groups in total. The molecular weight excluding hydrogens is 202 g/mol. The number of nitrogens with zero attached hydrogens (tertiary/aromatic N) is 1. The van der Waals surface area contributed by atoms with Crippen molar-refractivity contribution in [1.82, 2.24) is 4.90 Å². The van der Waals surface area contributed by atoms with Crippen LogP contribution in [0.15, 0.2) is 24.3 Å². The standard InChI is InChI=1S/C13H17NO2/c1-10-7-8-14(13(10)15)9-11-3-5-12(16-2)6-4-11/h3-6,10H,7-9H2,1-2H3. The van der Waals surface area contributed by atoms with Gasteiger partial charge in [0.05, 0.1) is 7.11 Å². The molecule has 0 spiro atoms. The number of likely N-dealkylation sites (tertiary alicyclic amines) is 1. The lowest BCUT2D eigenvalue weighted by Crippen LogP contribution is -2.26. The van der Waals surface area contributed by atoms with E-state index in [1.807, 2.05) is 36.1 Å². The van der Waals surface area contributed by atoms with Gasteiger partial charge >= 0.3 is 0 Å². The molecule has 0 radical (unpaired) electrons. The van der Waals surface area contributed by atoms with Crippen molar-refractivity contribution in [2.75, 3.05) is 13.7 Å². The zero-order valence-electron chi connectivity index (χ0n) is 9.77. The van der Waals surface area contributed by atoms with Gasteiger partial charge in [-0.25, -0.2) is 0 Å². The predicted molar refractivity (Wildman–Crippen MR) is 62.2 cm³/mol. The Morgan fingerprint density at radius 1 is 1.38 bits per heavy atom. The van der Waals surface area contributed by atoms with Crippen molar-refractivity contribution in [3.05, 3.63) is 29.8 Å². The Labute approximate surface area is 96.0 Å². The number of carbonyl (C=O) groups is 1. The van der Waals surface area contributed by atoms with Gasteiger partial charge in [0.15, 0.2) is 0 Å². The maximum Gasteiger partial charge on any atom is 0.225 e. The summed E-state index contributed by atoms with van der Waals surface area (Å²) in [6.45, 7) is 3.59. The first kappa shape index (κ1) is 11.0. The van der Waals surface area contributed by atoms with E-state index in [2.05, 4.69) is 0 Å². The number of carbonyl (C=O) groups excluding carboxylic acids is 1. The highest BCUT2D eigenvalue weighted by Crippen LogP contribution is 2.20. The minimum atomic E-state index is 0.193. The molecule has 3 heteroatoms. The molecule has 2 rings (SSSR count). The fourth-order valence-electron chi connectivity index (χ4n) is 2.00. The van der Waals surface area contributed by atoms with Gasteiger partial charge in [0, 0.05) is 19.0 Å². The number of rotatable bonds is 3. The van der Waals surface area contributed by atoms with Gasteiger partial charge in [0.1, 0.15) is 5.75 Å². The largest absolute Gasteiger partial charge is 0.497 e. The van der Waals surface area contributed by atoms with Crippen molar-refractivity contribution in [3.8, 4) is 5.75 Å². The quantitative estimate of drug-likeness (QED) is 0.778. The van der Waals surface area contributed by atoms with Crippen molar-refractivity contribution in [1.29, 1.82) is 0 Å². The summed E-state index contributed by atoms with van der Waals surface area (Å²) in [5, 5.41) is 0.